The van der Waals surface area contributed by atoms with E-state index in [2.05, 4.69) is 4.98 Å². The van der Waals surface area contributed by atoms with Crippen molar-refractivity contribution in [3.05, 3.63) is 48.6 Å². The maximum atomic E-state index is 12.3. The molecule has 24 heavy (non-hydrogen) atoms. The molecular formula is C18H20N2O4. The molecule has 1 amide bonds. The van der Waals surface area contributed by atoms with Crippen LogP contribution in [0.25, 0.3) is 0 Å². The van der Waals surface area contributed by atoms with Gasteiger partial charge in [0, 0.05) is 18.9 Å². The van der Waals surface area contributed by atoms with Gasteiger partial charge in [-0.15, -0.1) is 0 Å². The minimum Gasteiger partial charge on any atom is -0.478 e. The van der Waals surface area contributed by atoms with Gasteiger partial charge in [0.15, 0.2) is 5.76 Å². The zero-order valence-electron chi connectivity index (χ0n) is 13.4. The van der Waals surface area contributed by atoms with E-state index in [1.54, 1.807) is 23.2 Å². The van der Waals surface area contributed by atoms with Gasteiger partial charge >= 0.3 is 0 Å². The van der Waals surface area contributed by atoms with Gasteiger partial charge in [0.1, 0.15) is 5.60 Å². The van der Waals surface area contributed by atoms with Crippen molar-refractivity contribution >= 4 is 5.91 Å². The summed E-state index contributed by atoms with van der Waals surface area (Å²) in [6.45, 7) is 2.61. The molecule has 4 heterocycles. The normalized spacial score (nSPS) is 21.7. The molecule has 0 aromatic carbocycles. The van der Waals surface area contributed by atoms with Crippen LogP contribution in [0.3, 0.4) is 0 Å². The van der Waals surface area contributed by atoms with Crippen LogP contribution in [0.5, 0.6) is 5.88 Å². The standard InChI is InChI=1S/C18H20N2O4/c21-17(15-4-3-9-22-15)20-12-18(13-20)14(7-11-24-18)6-10-23-16-5-1-2-8-19-16/h1-5,8-9,14H,6-7,10-13H2/t14-/m0/s1. The summed E-state index contributed by atoms with van der Waals surface area (Å²) in [6, 6.07) is 9.06. The summed E-state index contributed by atoms with van der Waals surface area (Å²) in [5, 5.41) is 0. The van der Waals surface area contributed by atoms with E-state index in [-0.39, 0.29) is 11.5 Å². The maximum Gasteiger partial charge on any atom is 0.289 e. The Morgan fingerprint density at radius 3 is 3.00 bits per heavy atom. The van der Waals surface area contributed by atoms with Crippen LogP contribution in [-0.4, -0.2) is 47.7 Å². The van der Waals surface area contributed by atoms with E-state index in [1.807, 2.05) is 18.2 Å². The van der Waals surface area contributed by atoms with Gasteiger partial charge in [0.2, 0.25) is 5.88 Å². The summed E-state index contributed by atoms with van der Waals surface area (Å²) in [4.78, 5) is 18.2. The van der Waals surface area contributed by atoms with Crippen LogP contribution in [0, 0.1) is 5.92 Å². The molecule has 2 aliphatic rings. The van der Waals surface area contributed by atoms with E-state index in [4.69, 9.17) is 13.9 Å². The molecule has 6 nitrogen and oxygen atoms in total. The third-order valence-electron chi connectivity index (χ3n) is 4.89. The fourth-order valence-electron chi connectivity index (χ4n) is 3.58. The molecular weight excluding hydrogens is 308 g/mol. The first-order valence-electron chi connectivity index (χ1n) is 8.27. The minimum atomic E-state index is -0.213. The first-order valence-corrected chi connectivity index (χ1v) is 8.27. The highest BCUT2D eigenvalue weighted by molar-refractivity contribution is 5.92. The van der Waals surface area contributed by atoms with Gasteiger partial charge in [-0.2, -0.15) is 0 Å². The zero-order valence-corrected chi connectivity index (χ0v) is 13.4. The molecule has 0 aliphatic carbocycles. The van der Waals surface area contributed by atoms with Crippen LogP contribution in [0.2, 0.25) is 0 Å². The number of aromatic nitrogens is 1. The second kappa shape index (κ2) is 6.28. The Hall–Kier alpha value is -2.34. The van der Waals surface area contributed by atoms with Crippen LogP contribution in [0.15, 0.2) is 47.2 Å². The molecule has 1 atom stereocenters. The number of carbonyl (C=O) groups excluding carboxylic acids is 1. The van der Waals surface area contributed by atoms with Crippen molar-refractivity contribution in [1.82, 2.24) is 9.88 Å². The second-order valence-corrected chi connectivity index (χ2v) is 6.34. The Kier molecular flexibility index (Phi) is 3.98. The predicted molar refractivity (Wildman–Crippen MR) is 85.8 cm³/mol. The summed E-state index contributed by atoms with van der Waals surface area (Å²) in [7, 11) is 0. The fourth-order valence-corrected chi connectivity index (χ4v) is 3.58. The number of nitrogens with zero attached hydrogens (tertiary/aromatic N) is 2. The smallest absolute Gasteiger partial charge is 0.289 e. The van der Waals surface area contributed by atoms with Gasteiger partial charge in [0.05, 0.1) is 26.0 Å². The van der Waals surface area contributed by atoms with Gasteiger partial charge in [-0.3, -0.25) is 4.79 Å². The minimum absolute atomic E-state index is 0.0652. The monoisotopic (exact) mass is 328 g/mol. The molecule has 126 valence electrons. The Bertz CT molecular complexity index is 680. The first kappa shape index (κ1) is 15.2. The number of pyridine rings is 1. The molecule has 2 saturated heterocycles. The molecule has 4 rings (SSSR count). The summed E-state index contributed by atoms with van der Waals surface area (Å²) in [5.41, 5.74) is -0.213. The van der Waals surface area contributed by atoms with Crippen molar-refractivity contribution in [2.45, 2.75) is 18.4 Å². The predicted octanol–water partition coefficient (Wildman–Crippen LogP) is 2.37. The number of hydrogen-bond donors (Lipinski definition) is 0. The van der Waals surface area contributed by atoms with Gasteiger partial charge in [0.25, 0.3) is 5.91 Å². The molecule has 0 radical (unpaired) electrons. The Balaban J connectivity index is 1.30. The summed E-state index contributed by atoms with van der Waals surface area (Å²) in [5.74, 6) is 1.37. The highest BCUT2D eigenvalue weighted by Gasteiger charge is 2.54. The lowest BCUT2D eigenvalue weighted by atomic mass is 9.79. The average molecular weight is 328 g/mol. The third kappa shape index (κ3) is 2.78. The molecule has 2 fully saturated rings. The highest BCUT2D eigenvalue weighted by atomic mass is 16.5. The Labute approximate surface area is 140 Å². The number of likely N-dealkylation sites (tertiary alicyclic amines) is 1. The number of furan rings is 1. The van der Waals surface area contributed by atoms with E-state index < -0.39 is 0 Å². The SMILES string of the molecule is O=C(c1ccco1)N1CC2(C1)OCC[C@@H]2CCOc1ccccn1. The van der Waals surface area contributed by atoms with Crippen molar-refractivity contribution in [2.75, 3.05) is 26.3 Å². The average Bonchev–Trinajstić information content (AvgIpc) is 3.24. The van der Waals surface area contributed by atoms with Crippen LogP contribution in [0.4, 0.5) is 0 Å². The lowest BCUT2D eigenvalue weighted by Crippen LogP contribution is -2.66. The molecule has 2 aliphatic heterocycles. The van der Waals surface area contributed by atoms with Crippen molar-refractivity contribution in [3.8, 4) is 5.88 Å². The van der Waals surface area contributed by atoms with Gasteiger partial charge in [-0.05, 0) is 37.0 Å². The van der Waals surface area contributed by atoms with Gasteiger partial charge < -0.3 is 18.8 Å². The van der Waals surface area contributed by atoms with Crippen molar-refractivity contribution in [3.63, 3.8) is 0 Å². The molecule has 0 bridgehead atoms. The maximum absolute atomic E-state index is 12.3. The summed E-state index contributed by atoms with van der Waals surface area (Å²) < 4.78 is 16.9. The molecule has 6 heteroatoms. The fraction of sp³-hybridized carbons (Fsp3) is 0.444. The largest absolute Gasteiger partial charge is 0.478 e. The zero-order chi connectivity index (χ0) is 16.4. The molecule has 2 aromatic heterocycles. The van der Waals surface area contributed by atoms with Crippen molar-refractivity contribution in [2.24, 2.45) is 5.92 Å². The lowest BCUT2D eigenvalue weighted by Gasteiger charge is -2.49. The van der Waals surface area contributed by atoms with Crippen LogP contribution in [0.1, 0.15) is 23.4 Å². The Morgan fingerprint density at radius 2 is 2.25 bits per heavy atom. The number of amides is 1. The Morgan fingerprint density at radius 1 is 1.33 bits per heavy atom. The van der Waals surface area contributed by atoms with Crippen LogP contribution >= 0.6 is 0 Å². The topological polar surface area (TPSA) is 64.8 Å². The van der Waals surface area contributed by atoms with Gasteiger partial charge in [-0.1, -0.05) is 6.07 Å². The van der Waals surface area contributed by atoms with E-state index in [9.17, 15) is 4.79 Å². The number of ether oxygens (including phenoxy) is 2. The second-order valence-electron chi connectivity index (χ2n) is 6.34. The molecule has 0 N–H and O–H groups in total. The van der Waals surface area contributed by atoms with Gasteiger partial charge in [-0.25, -0.2) is 4.98 Å². The highest BCUT2D eigenvalue weighted by Crippen LogP contribution is 2.42. The molecule has 0 unspecified atom stereocenters. The van der Waals surface area contributed by atoms with Crippen molar-refractivity contribution < 1.29 is 18.7 Å². The van der Waals surface area contributed by atoms with E-state index in [1.165, 1.54) is 6.26 Å². The van der Waals surface area contributed by atoms with Crippen LogP contribution < -0.4 is 4.74 Å². The molecule has 2 aromatic rings. The van der Waals surface area contributed by atoms with E-state index >= 15 is 0 Å². The number of hydrogen-bond acceptors (Lipinski definition) is 5. The summed E-state index contributed by atoms with van der Waals surface area (Å²) in [6.07, 6.45) is 5.15. The molecule has 1 spiro atoms. The molecule has 0 saturated carbocycles. The first-order chi connectivity index (χ1) is 11.8. The van der Waals surface area contributed by atoms with Crippen molar-refractivity contribution in [1.29, 1.82) is 0 Å². The number of carbonyl (C=O) groups is 1. The lowest BCUT2D eigenvalue weighted by molar-refractivity contribution is -0.119. The quantitative estimate of drug-likeness (QED) is 0.843. The van der Waals surface area contributed by atoms with E-state index in [0.717, 1.165) is 19.4 Å². The summed E-state index contributed by atoms with van der Waals surface area (Å²) >= 11 is 0. The van der Waals surface area contributed by atoms with Crippen LogP contribution in [-0.2, 0) is 4.74 Å². The van der Waals surface area contributed by atoms with E-state index in [0.29, 0.717) is 37.3 Å². The third-order valence-corrected chi connectivity index (χ3v) is 4.89. The number of rotatable bonds is 5.